The summed E-state index contributed by atoms with van der Waals surface area (Å²) in [6.45, 7) is 1.13. The first-order valence-corrected chi connectivity index (χ1v) is 7.18. The van der Waals surface area contributed by atoms with E-state index in [0.717, 1.165) is 28.9 Å². The third-order valence-electron chi connectivity index (χ3n) is 3.44. The van der Waals surface area contributed by atoms with Crippen LogP contribution >= 0.6 is 15.9 Å². The van der Waals surface area contributed by atoms with Gasteiger partial charge in [0.15, 0.2) is 11.5 Å². The van der Waals surface area contributed by atoms with E-state index in [2.05, 4.69) is 27.3 Å². The van der Waals surface area contributed by atoms with E-state index in [4.69, 9.17) is 9.47 Å². The maximum atomic E-state index is 5.40. The van der Waals surface area contributed by atoms with Crippen molar-refractivity contribution in [2.75, 3.05) is 20.8 Å². The molecule has 1 saturated heterocycles. The topological polar surface area (TPSA) is 30.5 Å². The van der Waals surface area contributed by atoms with Crippen LogP contribution < -0.4 is 14.8 Å². The Morgan fingerprint density at radius 3 is 2.72 bits per heavy atom. The summed E-state index contributed by atoms with van der Waals surface area (Å²) in [7, 11) is 3.33. The van der Waals surface area contributed by atoms with Gasteiger partial charge in [-0.1, -0.05) is 12.5 Å². The first kappa shape index (κ1) is 13.7. The molecular formula is C14H20BrNO2. The lowest BCUT2D eigenvalue weighted by Gasteiger charge is -2.24. The number of piperidine rings is 1. The molecule has 1 aliphatic rings. The minimum absolute atomic E-state index is 0.577. The second-order valence-electron chi connectivity index (χ2n) is 4.63. The van der Waals surface area contributed by atoms with E-state index >= 15 is 0 Å². The molecule has 0 bridgehead atoms. The van der Waals surface area contributed by atoms with E-state index in [0.29, 0.717) is 6.04 Å². The molecule has 0 aliphatic carbocycles. The third-order valence-corrected chi connectivity index (χ3v) is 4.31. The van der Waals surface area contributed by atoms with Crippen LogP contribution in [0.25, 0.3) is 0 Å². The minimum Gasteiger partial charge on any atom is -0.493 e. The van der Waals surface area contributed by atoms with Gasteiger partial charge in [-0.2, -0.15) is 0 Å². The number of nitrogens with one attached hydrogen (secondary N) is 1. The van der Waals surface area contributed by atoms with E-state index in [1.54, 1.807) is 14.2 Å². The third kappa shape index (κ3) is 2.98. The van der Waals surface area contributed by atoms with Crippen LogP contribution in [-0.4, -0.2) is 26.8 Å². The maximum Gasteiger partial charge on any atom is 0.175 e. The Morgan fingerprint density at radius 2 is 2.11 bits per heavy atom. The molecule has 1 unspecified atom stereocenters. The van der Waals surface area contributed by atoms with Crippen LogP contribution in [0.3, 0.4) is 0 Å². The molecule has 2 rings (SSSR count). The van der Waals surface area contributed by atoms with Gasteiger partial charge in [0.25, 0.3) is 0 Å². The normalized spacial score (nSPS) is 19.6. The molecule has 3 nitrogen and oxygen atoms in total. The fourth-order valence-corrected chi connectivity index (χ4v) is 3.10. The summed E-state index contributed by atoms with van der Waals surface area (Å²) in [5, 5.41) is 3.57. The van der Waals surface area contributed by atoms with Gasteiger partial charge in [-0.15, -0.1) is 0 Å². The summed E-state index contributed by atoms with van der Waals surface area (Å²) >= 11 is 3.63. The number of halogens is 1. The summed E-state index contributed by atoms with van der Waals surface area (Å²) in [5.74, 6) is 1.55. The smallest absolute Gasteiger partial charge is 0.175 e. The number of hydrogen-bond donors (Lipinski definition) is 1. The fourth-order valence-electron chi connectivity index (χ4n) is 2.45. The molecule has 1 aromatic rings. The highest BCUT2D eigenvalue weighted by atomic mass is 79.9. The quantitative estimate of drug-likeness (QED) is 0.926. The molecule has 1 heterocycles. The highest BCUT2D eigenvalue weighted by Crippen LogP contribution is 2.38. The lowest BCUT2D eigenvalue weighted by Crippen LogP contribution is -2.35. The summed E-state index contributed by atoms with van der Waals surface area (Å²) in [4.78, 5) is 0. The average Bonchev–Trinajstić information content (AvgIpc) is 2.42. The highest BCUT2D eigenvalue weighted by molar-refractivity contribution is 9.10. The number of ether oxygens (including phenoxy) is 2. The van der Waals surface area contributed by atoms with Crippen molar-refractivity contribution in [1.82, 2.24) is 5.32 Å². The van der Waals surface area contributed by atoms with Crippen LogP contribution in [-0.2, 0) is 6.42 Å². The monoisotopic (exact) mass is 313 g/mol. The molecule has 1 fully saturated rings. The molecule has 0 radical (unpaired) electrons. The van der Waals surface area contributed by atoms with Gasteiger partial charge in [-0.05, 0) is 53.4 Å². The summed E-state index contributed by atoms with van der Waals surface area (Å²) < 4.78 is 11.7. The number of methoxy groups -OCH3 is 2. The maximum absolute atomic E-state index is 5.40. The van der Waals surface area contributed by atoms with Crippen molar-refractivity contribution in [3.63, 3.8) is 0 Å². The van der Waals surface area contributed by atoms with Crippen molar-refractivity contribution in [2.45, 2.75) is 31.7 Å². The molecule has 1 aliphatic heterocycles. The summed E-state index contributed by atoms with van der Waals surface area (Å²) in [6, 6.07) is 4.66. The Hall–Kier alpha value is -0.740. The molecule has 0 saturated carbocycles. The van der Waals surface area contributed by atoms with Gasteiger partial charge < -0.3 is 14.8 Å². The molecule has 0 aromatic heterocycles. The summed E-state index contributed by atoms with van der Waals surface area (Å²) in [6.07, 6.45) is 4.90. The van der Waals surface area contributed by atoms with Gasteiger partial charge in [-0.25, -0.2) is 0 Å². The van der Waals surface area contributed by atoms with Gasteiger partial charge in [0, 0.05) is 6.04 Å². The first-order chi connectivity index (χ1) is 8.76. The number of benzene rings is 1. The second-order valence-corrected chi connectivity index (χ2v) is 5.42. The Balaban J connectivity index is 2.17. The zero-order valence-electron chi connectivity index (χ0n) is 11.0. The Morgan fingerprint density at radius 1 is 1.28 bits per heavy atom. The van der Waals surface area contributed by atoms with Crippen LogP contribution in [0, 0.1) is 0 Å². The standard InChI is InChI=1S/C14H20BrNO2/c1-17-12-7-6-10(13(15)14(12)18-2)9-11-5-3-4-8-16-11/h6-7,11,16H,3-5,8-9H2,1-2H3. The van der Waals surface area contributed by atoms with Crippen molar-refractivity contribution in [3.8, 4) is 11.5 Å². The van der Waals surface area contributed by atoms with Crippen LogP contribution in [0.2, 0.25) is 0 Å². The zero-order valence-corrected chi connectivity index (χ0v) is 12.5. The van der Waals surface area contributed by atoms with Gasteiger partial charge >= 0.3 is 0 Å². The van der Waals surface area contributed by atoms with Gasteiger partial charge in [-0.3, -0.25) is 0 Å². The van der Waals surface area contributed by atoms with Crippen LogP contribution in [0.5, 0.6) is 11.5 Å². The average molecular weight is 314 g/mol. The highest BCUT2D eigenvalue weighted by Gasteiger charge is 2.17. The lowest BCUT2D eigenvalue weighted by molar-refractivity contribution is 0.351. The van der Waals surface area contributed by atoms with Crippen molar-refractivity contribution >= 4 is 15.9 Å². The Bertz CT molecular complexity index is 403. The predicted molar refractivity (Wildman–Crippen MR) is 76.6 cm³/mol. The molecule has 4 heteroatoms. The van der Waals surface area contributed by atoms with Crippen LogP contribution in [0.1, 0.15) is 24.8 Å². The molecule has 18 heavy (non-hydrogen) atoms. The van der Waals surface area contributed by atoms with Gasteiger partial charge in [0.2, 0.25) is 0 Å². The van der Waals surface area contributed by atoms with E-state index < -0.39 is 0 Å². The van der Waals surface area contributed by atoms with E-state index in [9.17, 15) is 0 Å². The summed E-state index contributed by atoms with van der Waals surface area (Å²) in [5.41, 5.74) is 1.27. The van der Waals surface area contributed by atoms with Crippen molar-refractivity contribution < 1.29 is 9.47 Å². The van der Waals surface area contributed by atoms with Crippen LogP contribution in [0.15, 0.2) is 16.6 Å². The fraction of sp³-hybridized carbons (Fsp3) is 0.571. The van der Waals surface area contributed by atoms with Crippen LogP contribution in [0.4, 0.5) is 0 Å². The van der Waals surface area contributed by atoms with E-state index in [1.807, 2.05) is 6.07 Å². The zero-order chi connectivity index (χ0) is 13.0. The second kappa shape index (κ2) is 6.43. The number of hydrogen-bond acceptors (Lipinski definition) is 3. The van der Waals surface area contributed by atoms with Gasteiger partial charge in [0.1, 0.15) is 0 Å². The molecular weight excluding hydrogens is 294 g/mol. The van der Waals surface area contributed by atoms with Gasteiger partial charge in [0.05, 0.1) is 18.7 Å². The van der Waals surface area contributed by atoms with Crippen molar-refractivity contribution in [2.24, 2.45) is 0 Å². The molecule has 0 amide bonds. The SMILES string of the molecule is COc1ccc(CC2CCCCN2)c(Br)c1OC. The molecule has 100 valence electrons. The Labute approximate surface area is 117 Å². The largest absolute Gasteiger partial charge is 0.493 e. The molecule has 1 aromatic carbocycles. The minimum atomic E-state index is 0.577. The lowest BCUT2D eigenvalue weighted by atomic mass is 9.97. The predicted octanol–water partition coefficient (Wildman–Crippen LogP) is 3.15. The first-order valence-electron chi connectivity index (χ1n) is 6.39. The molecule has 0 spiro atoms. The molecule has 1 atom stereocenters. The molecule has 1 N–H and O–H groups in total. The Kier molecular flexibility index (Phi) is 4.89. The van der Waals surface area contributed by atoms with E-state index in [-0.39, 0.29) is 0 Å². The number of rotatable bonds is 4. The van der Waals surface area contributed by atoms with Crippen molar-refractivity contribution in [3.05, 3.63) is 22.2 Å². The van der Waals surface area contributed by atoms with E-state index in [1.165, 1.54) is 24.8 Å². The van der Waals surface area contributed by atoms with Crippen molar-refractivity contribution in [1.29, 1.82) is 0 Å².